The number of hydrogen-bond donors (Lipinski definition) is 0. The van der Waals surface area contributed by atoms with Gasteiger partial charge in [-0.25, -0.2) is 4.98 Å². The molecule has 0 radical (unpaired) electrons. The summed E-state index contributed by atoms with van der Waals surface area (Å²) in [5, 5.41) is 0.964. The van der Waals surface area contributed by atoms with E-state index in [9.17, 15) is 4.79 Å². The molecule has 0 saturated heterocycles. The monoisotopic (exact) mass is 398 g/mol. The van der Waals surface area contributed by atoms with Crippen molar-refractivity contribution in [3.05, 3.63) is 82.0 Å². The lowest BCUT2D eigenvalue weighted by Gasteiger charge is -2.21. The topological polar surface area (TPSA) is 42.4 Å². The Hall–Kier alpha value is -2.56. The molecule has 6 heteroatoms. The molecular formula is C21H16Cl2N2O2. The van der Waals surface area contributed by atoms with E-state index < -0.39 is 0 Å². The first-order valence-electron chi connectivity index (χ1n) is 8.54. The number of benzene rings is 2. The molecule has 1 amide bonds. The average Bonchev–Trinajstić information content (AvgIpc) is 2.85. The quantitative estimate of drug-likeness (QED) is 0.616. The van der Waals surface area contributed by atoms with Crippen LogP contribution in [0.4, 0.5) is 0 Å². The van der Waals surface area contributed by atoms with Crippen LogP contribution in [-0.4, -0.2) is 28.9 Å². The summed E-state index contributed by atoms with van der Waals surface area (Å²) in [7, 11) is 0. The van der Waals surface area contributed by atoms with Gasteiger partial charge in [0.2, 0.25) is 5.88 Å². The summed E-state index contributed by atoms with van der Waals surface area (Å²) in [4.78, 5) is 19.4. The van der Waals surface area contributed by atoms with E-state index in [0.717, 1.165) is 16.7 Å². The van der Waals surface area contributed by atoms with Gasteiger partial charge < -0.3 is 9.64 Å². The summed E-state index contributed by atoms with van der Waals surface area (Å²) in [6.45, 7) is 1.26. The van der Waals surface area contributed by atoms with Crippen molar-refractivity contribution < 1.29 is 9.53 Å². The zero-order valence-corrected chi connectivity index (χ0v) is 15.9. The molecular weight excluding hydrogens is 383 g/mol. The van der Waals surface area contributed by atoms with Crippen molar-refractivity contribution >= 4 is 29.1 Å². The number of hydrogen-bond acceptors (Lipinski definition) is 3. The first-order valence-corrected chi connectivity index (χ1v) is 9.29. The molecule has 4 nitrogen and oxygen atoms in total. The Balaban J connectivity index is 1.72. The van der Waals surface area contributed by atoms with Crippen LogP contribution in [0.15, 0.2) is 60.8 Å². The predicted molar refractivity (Wildman–Crippen MR) is 106 cm³/mol. The molecule has 2 heterocycles. The van der Waals surface area contributed by atoms with Crippen LogP contribution >= 0.6 is 23.2 Å². The number of amides is 1. The third-order valence-corrected chi connectivity index (χ3v) is 5.20. The highest BCUT2D eigenvalue weighted by Gasteiger charge is 2.28. The van der Waals surface area contributed by atoms with Crippen LogP contribution < -0.4 is 4.74 Å². The van der Waals surface area contributed by atoms with Gasteiger partial charge in [0, 0.05) is 18.3 Å². The van der Waals surface area contributed by atoms with Gasteiger partial charge in [0.05, 0.1) is 16.6 Å². The first-order chi connectivity index (χ1) is 13.1. The van der Waals surface area contributed by atoms with Gasteiger partial charge in [0.1, 0.15) is 12.2 Å². The molecule has 0 bridgehead atoms. The molecule has 0 fully saturated rings. The van der Waals surface area contributed by atoms with Crippen molar-refractivity contribution in [2.24, 2.45) is 0 Å². The van der Waals surface area contributed by atoms with Gasteiger partial charge in [-0.2, -0.15) is 0 Å². The van der Waals surface area contributed by atoms with Gasteiger partial charge in [-0.05, 0) is 29.3 Å². The van der Waals surface area contributed by atoms with Crippen molar-refractivity contribution in [2.45, 2.75) is 6.54 Å². The third kappa shape index (κ3) is 3.64. The second-order valence-electron chi connectivity index (χ2n) is 6.23. The Morgan fingerprint density at radius 2 is 1.85 bits per heavy atom. The third-order valence-electron chi connectivity index (χ3n) is 4.46. The predicted octanol–water partition coefficient (Wildman–Crippen LogP) is 5.09. The van der Waals surface area contributed by atoms with Crippen LogP contribution in [0.2, 0.25) is 10.0 Å². The van der Waals surface area contributed by atoms with Crippen LogP contribution in [0.25, 0.3) is 11.1 Å². The highest BCUT2D eigenvalue weighted by Crippen LogP contribution is 2.32. The van der Waals surface area contributed by atoms with Gasteiger partial charge in [0.15, 0.2) is 0 Å². The second kappa shape index (κ2) is 7.59. The number of ether oxygens (including phenoxy) is 1. The minimum absolute atomic E-state index is 0.111. The maximum atomic E-state index is 13.3. The standard InChI is InChI=1S/C21H16Cl2N2O2/c22-17-7-6-14(12-18(17)23)13-25-10-11-27-20-19(21(25)26)16(8-9-24-20)15-4-2-1-3-5-15/h1-9,12H,10-11,13H2. The van der Waals surface area contributed by atoms with Crippen LogP contribution in [0.1, 0.15) is 15.9 Å². The van der Waals surface area contributed by atoms with Crippen LogP contribution in [0, 0.1) is 0 Å². The maximum absolute atomic E-state index is 13.3. The normalized spacial score (nSPS) is 13.7. The van der Waals surface area contributed by atoms with E-state index in [0.29, 0.717) is 41.2 Å². The SMILES string of the molecule is O=C1c2c(-c3ccccc3)ccnc2OCCN1Cc1ccc(Cl)c(Cl)c1. The van der Waals surface area contributed by atoms with Gasteiger partial charge in [-0.15, -0.1) is 0 Å². The highest BCUT2D eigenvalue weighted by atomic mass is 35.5. The average molecular weight is 399 g/mol. The Bertz CT molecular complexity index is 993. The fraction of sp³-hybridized carbons (Fsp3) is 0.143. The molecule has 4 rings (SSSR count). The largest absolute Gasteiger partial charge is 0.475 e. The molecule has 1 aliphatic heterocycles. The van der Waals surface area contributed by atoms with E-state index in [1.54, 1.807) is 23.2 Å². The van der Waals surface area contributed by atoms with Crippen LogP contribution in [-0.2, 0) is 6.54 Å². The lowest BCUT2D eigenvalue weighted by atomic mass is 10.0. The van der Waals surface area contributed by atoms with Gasteiger partial charge in [-0.1, -0.05) is 59.6 Å². The Morgan fingerprint density at radius 1 is 1.04 bits per heavy atom. The summed E-state index contributed by atoms with van der Waals surface area (Å²) in [6.07, 6.45) is 1.67. The minimum atomic E-state index is -0.111. The van der Waals surface area contributed by atoms with Crippen molar-refractivity contribution in [3.63, 3.8) is 0 Å². The molecule has 0 aliphatic carbocycles. The number of halogens is 2. The summed E-state index contributed by atoms with van der Waals surface area (Å²) >= 11 is 12.1. The van der Waals surface area contributed by atoms with E-state index >= 15 is 0 Å². The zero-order chi connectivity index (χ0) is 18.8. The number of nitrogens with zero attached hydrogens (tertiary/aromatic N) is 2. The van der Waals surface area contributed by atoms with E-state index in [-0.39, 0.29) is 5.91 Å². The second-order valence-corrected chi connectivity index (χ2v) is 7.04. The van der Waals surface area contributed by atoms with Crippen molar-refractivity contribution in [1.29, 1.82) is 0 Å². The molecule has 2 aromatic carbocycles. The number of pyridine rings is 1. The van der Waals surface area contributed by atoms with E-state index in [4.69, 9.17) is 27.9 Å². The summed E-state index contributed by atoms with van der Waals surface area (Å²) in [6, 6.07) is 17.0. The Labute approximate surface area is 167 Å². The molecule has 27 heavy (non-hydrogen) atoms. The molecule has 1 aromatic heterocycles. The molecule has 0 N–H and O–H groups in total. The van der Waals surface area contributed by atoms with E-state index in [1.807, 2.05) is 42.5 Å². The lowest BCUT2D eigenvalue weighted by molar-refractivity contribution is 0.0743. The zero-order valence-electron chi connectivity index (χ0n) is 14.4. The van der Waals surface area contributed by atoms with Crippen molar-refractivity contribution in [1.82, 2.24) is 9.88 Å². The van der Waals surface area contributed by atoms with Crippen molar-refractivity contribution in [3.8, 4) is 17.0 Å². The van der Waals surface area contributed by atoms with Gasteiger partial charge >= 0.3 is 0 Å². The molecule has 136 valence electrons. The molecule has 0 saturated carbocycles. The Morgan fingerprint density at radius 3 is 2.63 bits per heavy atom. The van der Waals surface area contributed by atoms with Gasteiger partial charge in [0.25, 0.3) is 5.91 Å². The van der Waals surface area contributed by atoms with Gasteiger partial charge in [-0.3, -0.25) is 4.79 Å². The summed E-state index contributed by atoms with van der Waals surface area (Å²) in [5.41, 5.74) is 3.16. The number of aromatic nitrogens is 1. The summed E-state index contributed by atoms with van der Waals surface area (Å²) < 4.78 is 5.77. The Kier molecular flexibility index (Phi) is 5.01. The number of carbonyl (C=O) groups excluding carboxylic acids is 1. The number of carbonyl (C=O) groups is 1. The molecule has 0 atom stereocenters. The fourth-order valence-corrected chi connectivity index (χ4v) is 3.46. The lowest BCUT2D eigenvalue weighted by Crippen LogP contribution is -2.32. The number of rotatable bonds is 3. The summed E-state index contributed by atoms with van der Waals surface area (Å²) in [5.74, 6) is 0.263. The maximum Gasteiger partial charge on any atom is 0.260 e. The molecule has 1 aliphatic rings. The minimum Gasteiger partial charge on any atom is -0.475 e. The molecule has 0 unspecified atom stereocenters. The molecule has 0 spiro atoms. The smallest absolute Gasteiger partial charge is 0.260 e. The first kappa shape index (κ1) is 17.8. The van der Waals surface area contributed by atoms with Crippen molar-refractivity contribution in [2.75, 3.05) is 13.2 Å². The van der Waals surface area contributed by atoms with Crippen LogP contribution in [0.3, 0.4) is 0 Å². The number of fused-ring (bicyclic) bond motifs is 1. The van der Waals surface area contributed by atoms with Crippen LogP contribution in [0.5, 0.6) is 5.88 Å². The van der Waals surface area contributed by atoms with E-state index in [1.165, 1.54) is 0 Å². The van der Waals surface area contributed by atoms with E-state index in [2.05, 4.69) is 4.98 Å². The highest BCUT2D eigenvalue weighted by molar-refractivity contribution is 6.42. The molecule has 3 aromatic rings. The fourth-order valence-electron chi connectivity index (χ4n) is 3.14.